The lowest BCUT2D eigenvalue weighted by Crippen LogP contribution is -2.29. The third kappa shape index (κ3) is 6.59. The van der Waals surface area contributed by atoms with Crippen molar-refractivity contribution in [3.05, 3.63) is 280 Å². The highest BCUT2D eigenvalue weighted by Crippen LogP contribution is 2.59. The molecule has 2 unspecified atom stereocenters. The maximum absolute atomic E-state index is 2.52. The molecule has 0 saturated carbocycles. The van der Waals surface area contributed by atoms with Gasteiger partial charge in [-0.1, -0.05) is 219 Å². The molecule has 11 rings (SSSR count). The summed E-state index contributed by atoms with van der Waals surface area (Å²) in [7, 11) is 0. The molecule has 65 heavy (non-hydrogen) atoms. The van der Waals surface area contributed by atoms with E-state index >= 15 is 0 Å². The van der Waals surface area contributed by atoms with Gasteiger partial charge in [-0.2, -0.15) is 0 Å². The molecule has 0 spiro atoms. The lowest BCUT2D eigenvalue weighted by atomic mass is 9.67. The summed E-state index contributed by atoms with van der Waals surface area (Å²) < 4.78 is 0. The Labute approximate surface area is 385 Å². The van der Waals surface area contributed by atoms with E-state index in [-0.39, 0.29) is 0 Å². The Morgan fingerprint density at radius 2 is 0.738 bits per heavy atom. The first-order valence-electron chi connectivity index (χ1n) is 23.6. The molecule has 0 amide bonds. The molecule has 0 N–H and O–H groups in total. The van der Waals surface area contributed by atoms with Crippen LogP contribution < -0.4 is 4.90 Å². The molecule has 2 aliphatic rings. The molecule has 1 heteroatoms. The number of unbranched alkanes of at least 4 members (excludes halogenated alkanes) is 3. The fourth-order valence-corrected chi connectivity index (χ4v) is 11.4. The van der Waals surface area contributed by atoms with Crippen molar-refractivity contribution < 1.29 is 0 Å². The van der Waals surface area contributed by atoms with Crippen molar-refractivity contribution in [3.63, 3.8) is 0 Å². The second-order valence-corrected chi connectivity index (χ2v) is 18.3. The van der Waals surface area contributed by atoms with Crippen molar-refractivity contribution in [2.24, 2.45) is 0 Å². The van der Waals surface area contributed by atoms with E-state index in [4.69, 9.17) is 0 Å². The van der Waals surface area contributed by atoms with Crippen LogP contribution in [0.25, 0.3) is 22.3 Å². The van der Waals surface area contributed by atoms with Crippen LogP contribution in [0, 0.1) is 13.8 Å². The van der Waals surface area contributed by atoms with Crippen molar-refractivity contribution in [1.29, 1.82) is 0 Å². The minimum Gasteiger partial charge on any atom is -0.310 e. The molecule has 316 valence electrons. The zero-order valence-corrected chi connectivity index (χ0v) is 37.8. The van der Waals surface area contributed by atoms with Gasteiger partial charge in [0.05, 0.1) is 10.8 Å². The maximum atomic E-state index is 2.52. The van der Waals surface area contributed by atoms with E-state index in [9.17, 15) is 0 Å². The van der Waals surface area contributed by atoms with Crippen molar-refractivity contribution >= 4 is 17.1 Å². The lowest BCUT2D eigenvalue weighted by molar-refractivity contribution is 0.667. The van der Waals surface area contributed by atoms with Crippen molar-refractivity contribution in [2.75, 3.05) is 4.90 Å². The monoisotopic (exact) mass is 837 g/mol. The molecule has 2 aliphatic carbocycles. The average Bonchev–Trinajstić information content (AvgIpc) is 3.82. The van der Waals surface area contributed by atoms with E-state index in [1.807, 2.05) is 0 Å². The van der Waals surface area contributed by atoms with Crippen LogP contribution in [0.3, 0.4) is 0 Å². The van der Waals surface area contributed by atoms with E-state index in [0.717, 1.165) is 23.5 Å². The maximum Gasteiger partial charge on any atom is 0.0714 e. The van der Waals surface area contributed by atoms with Gasteiger partial charge in [0, 0.05) is 17.1 Å². The zero-order valence-electron chi connectivity index (χ0n) is 37.8. The number of hydrogen-bond donors (Lipinski definition) is 0. The van der Waals surface area contributed by atoms with Gasteiger partial charge in [0.15, 0.2) is 0 Å². The Bertz CT molecular complexity index is 2940. The van der Waals surface area contributed by atoms with Gasteiger partial charge in [0.1, 0.15) is 0 Å². The Balaban J connectivity index is 1.16. The van der Waals surface area contributed by atoms with Crippen LogP contribution in [0.1, 0.15) is 93.8 Å². The normalized spacial score (nSPS) is 16.7. The molecule has 9 aromatic rings. The van der Waals surface area contributed by atoms with Crippen molar-refractivity contribution in [3.8, 4) is 22.3 Å². The van der Waals surface area contributed by atoms with Gasteiger partial charge in [-0.05, 0) is 135 Å². The van der Waals surface area contributed by atoms with Crippen LogP contribution in [0.2, 0.25) is 0 Å². The predicted molar refractivity (Wildman–Crippen MR) is 273 cm³/mol. The summed E-state index contributed by atoms with van der Waals surface area (Å²) in [5.41, 5.74) is 21.8. The highest BCUT2D eigenvalue weighted by molar-refractivity contribution is 5.92. The van der Waals surface area contributed by atoms with E-state index < -0.39 is 10.8 Å². The molecule has 0 aliphatic heterocycles. The van der Waals surface area contributed by atoms with Gasteiger partial charge in [-0.15, -0.1) is 0 Å². The molecular weight excluding hydrogens is 783 g/mol. The Morgan fingerprint density at radius 1 is 0.338 bits per heavy atom. The molecule has 0 heterocycles. The summed E-state index contributed by atoms with van der Waals surface area (Å²) in [6.07, 6.45) is 6.12. The van der Waals surface area contributed by atoms with Crippen LogP contribution in [-0.4, -0.2) is 0 Å². The number of nitrogens with zero attached hydrogens (tertiary/aromatic N) is 1. The van der Waals surface area contributed by atoms with E-state index in [1.54, 1.807) is 0 Å². The standard InChI is InChI=1S/C64H55N/c1-4-5-6-9-18-47-31-37-52(38-32-47)65(53-39-41-57-55-23-14-16-25-59(55)63(61(57)43-53,48-19-10-7-11-20-48)50-33-27-45(2)28-34-50)54-40-42-58-56-24-15-17-26-60(56)64(62(58)44-54,49-21-12-8-13-22-49)51-35-29-46(3)30-36-51/h7-8,10-17,19-44H,4-6,9,18H2,1-3H3. The van der Waals surface area contributed by atoms with Gasteiger partial charge < -0.3 is 4.90 Å². The van der Waals surface area contributed by atoms with Crippen LogP contribution in [0.5, 0.6) is 0 Å². The third-order valence-electron chi connectivity index (χ3n) is 14.5. The average molecular weight is 838 g/mol. The van der Waals surface area contributed by atoms with Crippen LogP contribution in [0.15, 0.2) is 218 Å². The number of benzene rings is 9. The Kier molecular flexibility index (Phi) is 10.4. The Hall–Kier alpha value is -7.22. The first-order chi connectivity index (χ1) is 32.0. The molecule has 9 aromatic carbocycles. The first kappa shape index (κ1) is 40.5. The second kappa shape index (κ2) is 16.7. The number of hydrogen-bond acceptors (Lipinski definition) is 1. The number of anilines is 3. The summed E-state index contributed by atoms with van der Waals surface area (Å²) in [6.45, 7) is 6.65. The smallest absolute Gasteiger partial charge is 0.0714 e. The van der Waals surface area contributed by atoms with Crippen LogP contribution >= 0.6 is 0 Å². The molecule has 0 bridgehead atoms. The van der Waals surface area contributed by atoms with E-state index in [0.29, 0.717) is 0 Å². The van der Waals surface area contributed by atoms with Crippen LogP contribution in [0.4, 0.5) is 17.1 Å². The summed E-state index contributed by atoms with van der Waals surface area (Å²) in [5, 5.41) is 0. The van der Waals surface area contributed by atoms with E-state index in [2.05, 4.69) is 244 Å². The SMILES string of the molecule is CCCCCCc1ccc(N(c2ccc3c(c2)C(c2ccccc2)(c2ccc(C)cc2)c2ccccc2-3)c2ccc3c(c2)C(c2ccccc2)(c2ccc(C)cc2)c2ccccc2-3)cc1. The van der Waals surface area contributed by atoms with E-state index in [1.165, 1.54) is 109 Å². The second-order valence-electron chi connectivity index (χ2n) is 18.3. The van der Waals surface area contributed by atoms with Gasteiger partial charge in [-0.3, -0.25) is 0 Å². The molecule has 0 aromatic heterocycles. The summed E-state index contributed by atoms with van der Waals surface area (Å²) in [6, 6.07) is 82.9. The van der Waals surface area contributed by atoms with Crippen LogP contribution in [-0.2, 0) is 17.3 Å². The molecule has 0 radical (unpaired) electrons. The number of fused-ring (bicyclic) bond motifs is 6. The zero-order chi connectivity index (χ0) is 44.0. The molecule has 1 nitrogen and oxygen atoms in total. The van der Waals surface area contributed by atoms with Crippen molar-refractivity contribution in [1.82, 2.24) is 0 Å². The largest absolute Gasteiger partial charge is 0.310 e. The van der Waals surface area contributed by atoms with Crippen molar-refractivity contribution in [2.45, 2.75) is 63.7 Å². The Morgan fingerprint density at radius 3 is 1.20 bits per heavy atom. The molecule has 0 saturated heterocycles. The summed E-state index contributed by atoms with van der Waals surface area (Å²) in [4.78, 5) is 2.52. The highest BCUT2D eigenvalue weighted by Gasteiger charge is 2.48. The molecule has 0 fully saturated rings. The van der Waals surface area contributed by atoms with Gasteiger partial charge in [0.25, 0.3) is 0 Å². The van der Waals surface area contributed by atoms with Gasteiger partial charge in [-0.25, -0.2) is 0 Å². The van der Waals surface area contributed by atoms with Gasteiger partial charge >= 0.3 is 0 Å². The third-order valence-corrected chi connectivity index (χ3v) is 14.5. The minimum absolute atomic E-state index is 0.515. The highest BCUT2D eigenvalue weighted by atomic mass is 15.1. The lowest BCUT2D eigenvalue weighted by Gasteiger charge is -2.36. The summed E-state index contributed by atoms with van der Waals surface area (Å²) in [5.74, 6) is 0. The fraction of sp³-hybridized carbons (Fsp3) is 0.156. The fourth-order valence-electron chi connectivity index (χ4n) is 11.4. The molecular formula is C64H55N. The predicted octanol–water partition coefficient (Wildman–Crippen LogP) is 16.6. The molecule has 2 atom stereocenters. The topological polar surface area (TPSA) is 3.24 Å². The summed E-state index contributed by atoms with van der Waals surface area (Å²) >= 11 is 0. The number of rotatable bonds is 12. The van der Waals surface area contributed by atoms with Gasteiger partial charge in [0.2, 0.25) is 0 Å². The first-order valence-corrected chi connectivity index (χ1v) is 23.6. The quantitative estimate of drug-likeness (QED) is 0.111. The number of aryl methyl sites for hydroxylation is 3. The minimum atomic E-state index is -0.515.